The van der Waals surface area contributed by atoms with E-state index in [1.165, 1.54) is 11.6 Å². The third kappa shape index (κ3) is 4.84. The van der Waals surface area contributed by atoms with Crippen LogP contribution in [-0.2, 0) is 16.0 Å². The molecular formula is C21H24FN3O2. The molecule has 27 heavy (non-hydrogen) atoms. The van der Waals surface area contributed by atoms with Crippen LogP contribution in [0.2, 0.25) is 0 Å². The van der Waals surface area contributed by atoms with Gasteiger partial charge >= 0.3 is 11.8 Å². The number of nitrogens with one attached hydrogen (secondary N) is 1. The van der Waals surface area contributed by atoms with Gasteiger partial charge in [0.1, 0.15) is 5.82 Å². The average molecular weight is 369 g/mol. The fourth-order valence-corrected chi connectivity index (χ4v) is 3.22. The number of rotatable bonds is 4. The molecule has 142 valence electrons. The van der Waals surface area contributed by atoms with Gasteiger partial charge in [0.25, 0.3) is 0 Å². The van der Waals surface area contributed by atoms with Crippen LogP contribution in [0.15, 0.2) is 48.5 Å². The zero-order valence-electron chi connectivity index (χ0n) is 15.5. The van der Waals surface area contributed by atoms with Crippen molar-refractivity contribution >= 4 is 17.5 Å². The van der Waals surface area contributed by atoms with E-state index in [-0.39, 0.29) is 12.4 Å². The molecule has 0 atom stereocenters. The first-order valence-electron chi connectivity index (χ1n) is 9.17. The first kappa shape index (κ1) is 18.9. The minimum Gasteiger partial charge on any atom is -0.368 e. The molecule has 1 saturated heterocycles. The van der Waals surface area contributed by atoms with Crippen molar-refractivity contribution in [3.8, 4) is 0 Å². The molecule has 2 aromatic carbocycles. The van der Waals surface area contributed by atoms with Gasteiger partial charge in [0.05, 0.1) is 0 Å². The summed E-state index contributed by atoms with van der Waals surface area (Å²) >= 11 is 0. The molecule has 2 aromatic rings. The van der Waals surface area contributed by atoms with Crippen molar-refractivity contribution < 1.29 is 14.0 Å². The highest BCUT2D eigenvalue weighted by molar-refractivity contribution is 6.35. The molecule has 0 spiro atoms. The molecule has 1 N–H and O–H groups in total. The lowest BCUT2D eigenvalue weighted by Crippen LogP contribution is -2.52. The Balaban J connectivity index is 1.46. The SMILES string of the molecule is Cc1cccc(N2CCN(C(=O)C(=O)NCCc3ccccc3F)CC2)c1. The second kappa shape index (κ2) is 8.66. The molecule has 1 aliphatic rings. The maximum Gasteiger partial charge on any atom is 0.312 e. The van der Waals surface area contributed by atoms with Crippen LogP contribution in [0.25, 0.3) is 0 Å². The van der Waals surface area contributed by atoms with Crippen molar-refractivity contribution in [3.05, 3.63) is 65.5 Å². The van der Waals surface area contributed by atoms with E-state index in [0.717, 1.165) is 5.69 Å². The van der Waals surface area contributed by atoms with Crippen LogP contribution < -0.4 is 10.2 Å². The molecule has 3 rings (SSSR count). The number of aryl methyl sites for hydroxylation is 1. The Kier molecular flexibility index (Phi) is 6.06. The van der Waals surface area contributed by atoms with E-state index in [1.54, 1.807) is 23.1 Å². The van der Waals surface area contributed by atoms with Crippen LogP contribution in [0.5, 0.6) is 0 Å². The van der Waals surface area contributed by atoms with E-state index in [4.69, 9.17) is 0 Å². The van der Waals surface area contributed by atoms with Gasteiger partial charge in [0, 0.05) is 38.4 Å². The summed E-state index contributed by atoms with van der Waals surface area (Å²) in [6, 6.07) is 14.7. The minimum absolute atomic E-state index is 0.231. The number of hydrogen-bond donors (Lipinski definition) is 1. The minimum atomic E-state index is -0.629. The second-order valence-corrected chi connectivity index (χ2v) is 6.72. The molecule has 0 unspecified atom stereocenters. The monoisotopic (exact) mass is 369 g/mol. The van der Waals surface area contributed by atoms with Crippen molar-refractivity contribution in [2.75, 3.05) is 37.6 Å². The molecule has 2 amide bonds. The summed E-state index contributed by atoms with van der Waals surface area (Å²) in [5, 5.41) is 2.60. The molecule has 1 fully saturated rings. The molecule has 0 saturated carbocycles. The third-order valence-electron chi connectivity index (χ3n) is 4.77. The van der Waals surface area contributed by atoms with E-state index in [1.807, 2.05) is 6.07 Å². The molecule has 1 heterocycles. The highest BCUT2D eigenvalue weighted by atomic mass is 19.1. The van der Waals surface area contributed by atoms with Crippen LogP contribution in [0.1, 0.15) is 11.1 Å². The molecule has 0 aliphatic carbocycles. The normalized spacial score (nSPS) is 14.1. The zero-order chi connectivity index (χ0) is 19.2. The molecule has 0 bridgehead atoms. The summed E-state index contributed by atoms with van der Waals surface area (Å²) in [4.78, 5) is 28.2. The Morgan fingerprint density at radius 2 is 1.78 bits per heavy atom. The smallest absolute Gasteiger partial charge is 0.312 e. The van der Waals surface area contributed by atoms with Gasteiger partial charge in [-0.3, -0.25) is 9.59 Å². The summed E-state index contributed by atoms with van der Waals surface area (Å²) in [5.74, 6) is -1.45. The van der Waals surface area contributed by atoms with E-state index in [2.05, 4.69) is 35.3 Å². The number of halogens is 1. The first-order chi connectivity index (χ1) is 13.0. The van der Waals surface area contributed by atoms with Crippen molar-refractivity contribution in [2.24, 2.45) is 0 Å². The fraction of sp³-hybridized carbons (Fsp3) is 0.333. The number of carbonyl (C=O) groups is 2. The largest absolute Gasteiger partial charge is 0.368 e. The van der Waals surface area contributed by atoms with Gasteiger partial charge in [0.2, 0.25) is 0 Å². The lowest BCUT2D eigenvalue weighted by Gasteiger charge is -2.35. The Morgan fingerprint density at radius 3 is 2.48 bits per heavy atom. The Labute approximate surface area is 158 Å². The van der Waals surface area contributed by atoms with E-state index in [0.29, 0.717) is 38.2 Å². The number of anilines is 1. The van der Waals surface area contributed by atoms with Crippen LogP contribution in [0, 0.1) is 12.7 Å². The molecular weight excluding hydrogens is 345 g/mol. The van der Waals surface area contributed by atoms with Crippen LogP contribution in [0.3, 0.4) is 0 Å². The second-order valence-electron chi connectivity index (χ2n) is 6.72. The van der Waals surface area contributed by atoms with Crippen molar-refractivity contribution in [3.63, 3.8) is 0 Å². The zero-order valence-corrected chi connectivity index (χ0v) is 15.5. The predicted molar refractivity (Wildman–Crippen MR) is 103 cm³/mol. The highest BCUT2D eigenvalue weighted by Gasteiger charge is 2.25. The number of nitrogens with zero attached hydrogens (tertiary/aromatic N) is 2. The van der Waals surface area contributed by atoms with Gasteiger partial charge in [-0.1, -0.05) is 30.3 Å². The van der Waals surface area contributed by atoms with Gasteiger partial charge in [-0.05, 0) is 42.7 Å². The molecule has 0 aromatic heterocycles. The lowest BCUT2D eigenvalue weighted by atomic mass is 10.1. The van der Waals surface area contributed by atoms with E-state index < -0.39 is 11.8 Å². The summed E-state index contributed by atoms with van der Waals surface area (Å²) < 4.78 is 13.6. The quantitative estimate of drug-likeness (QED) is 0.841. The number of benzene rings is 2. The van der Waals surface area contributed by atoms with Crippen molar-refractivity contribution in [1.29, 1.82) is 0 Å². The molecule has 5 nitrogen and oxygen atoms in total. The highest BCUT2D eigenvalue weighted by Crippen LogP contribution is 2.17. The summed E-state index contributed by atoms with van der Waals surface area (Å²) in [6.45, 7) is 4.68. The maximum atomic E-state index is 13.6. The third-order valence-corrected chi connectivity index (χ3v) is 4.77. The standard InChI is InChI=1S/C21H24FN3O2/c1-16-5-4-7-18(15-16)24-11-13-25(14-12-24)21(27)20(26)23-10-9-17-6-2-3-8-19(17)22/h2-8,15H,9-14H2,1H3,(H,23,26). The number of piperazine rings is 1. The first-order valence-corrected chi connectivity index (χ1v) is 9.17. The summed E-state index contributed by atoms with van der Waals surface area (Å²) in [5.41, 5.74) is 2.86. The molecule has 1 aliphatic heterocycles. The molecule has 0 radical (unpaired) electrons. The number of amides is 2. The number of carbonyl (C=O) groups excluding carboxylic acids is 2. The Morgan fingerprint density at radius 1 is 1.04 bits per heavy atom. The Bertz CT molecular complexity index is 817. The predicted octanol–water partition coefficient (Wildman–Crippen LogP) is 2.14. The topological polar surface area (TPSA) is 52.7 Å². The van der Waals surface area contributed by atoms with Crippen LogP contribution in [-0.4, -0.2) is 49.4 Å². The van der Waals surface area contributed by atoms with E-state index in [9.17, 15) is 14.0 Å². The Hall–Kier alpha value is -2.89. The molecule has 6 heteroatoms. The fourth-order valence-electron chi connectivity index (χ4n) is 3.22. The van der Waals surface area contributed by atoms with Crippen molar-refractivity contribution in [2.45, 2.75) is 13.3 Å². The van der Waals surface area contributed by atoms with Crippen molar-refractivity contribution in [1.82, 2.24) is 10.2 Å². The average Bonchev–Trinajstić information content (AvgIpc) is 2.69. The lowest BCUT2D eigenvalue weighted by molar-refractivity contribution is -0.146. The van der Waals surface area contributed by atoms with Crippen LogP contribution in [0.4, 0.5) is 10.1 Å². The van der Waals surface area contributed by atoms with Crippen LogP contribution >= 0.6 is 0 Å². The maximum absolute atomic E-state index is 13.6. The van der Waals surface area contributed by atoms with E-state index >= 15 is 0 Å². The van der Waals surface area contributed by atoms with Gasteiger partial charge < -0.3 is 15.1 Å². The van der Waals surface area contributed by atoms with Gasteiger partial charge in [-0.2, -0.15) is 0 Å². The van der Waals surface area contributed by atoms with Gasteiger partial charge in [-0.15, -0.1) is 0 Å². The summed E-state index contributed by atoms with van der Waals surface area (Å²) in [7, 11) is 0. The van der Waals surface area contributed by atoms with Gasteiger partial charge in [-0.25, -0.2) is 4.39 Å². The summed E-state index contributed by atoms with van der Waals surface area (Å²) in [6.07, 6.45) is 0.354. The number of hydrogen-bond acceptors (Lipinski definition) is 3. The van der Waals surface area contributed by atoms with Gasteiger partial charge in [0.15, 0.2) is 0 Å².